The highest BCUT2D eigenvalue weighted by Gasteiger charge is 2.50. The fraction of sp³-hybridized carbons (Fsp3) is 0.400. The molecule has 0 unspecified atom stereocenters. The van der Waals surface area contributed by atoms with Gasteiger partial charge in [0.2, 0.25) is 0 Å². The Balaban J connectivity index is 1.36. The Labute approximate surface area is 496 Å². The van der Waals surface area contributed by atoms with Gasteiger partial charge in [-0.1, -0.05) is 106 Å². The number of aryl methyl sites for hydroxylation is 6. The Morgan fingerprint density at radius 1 is 0.214 bits per heavy atom. The summed E-state index contributed by atoms with van der Waals surface area (Å²) in [7, 11) is -26.5. The van der Waals surface area contributed by atoms with Crippen molar-refractivity contribution in [2.45, 2.75) is 109 Å². The summed E-state index contributed by atoms with van der Waals surface area (Å²) in [5, 5.41) is 0. The van der Waals surface area contributed by atoms with E-state index >= 15 is 0 Å². The maximum atomic E-state index is 13.9. The van der Waals surface area contributed by atoms with Crippen LogP contribution in [0.4, 0.5) is 0 Å². The second-order valence-electron chi connectivity index (χ2n) is 21.3. The molecule has 1 aliphatic carbocycles. The van der Waals surface area contributed by atoms with Crippen molar-refractivity contribution in [2.24, 2.45) is 35.5 Å². The van der Waals surface area contributed by atoms with Crippen LogP contribution in [0, 0.1) is 77.0 Å². The van der Waals surface area contributed by atoms with Gasteiger partial charge < -0.3 is 0 Å². The summed E-state index contributed by atoms with van der Waals surface area (Å²) in [6.45, 7) is 7.86. The molecule has 1 saturated carbocycles. The maximum absolute atomic E-state index is 13.9. The van der Waals surface area contributed by atoms with E-state index in [2.05, 4.69) is 0 Å². The highest BCUT2D eigenvalue weighted by atomic mass is 32.2. The lowest BCUT2D eigenvalue weighted by Gasteiger charge is -2.53. The van der Waals surface area contributed by atoms with E-state index in [9.17, 15) is 50.5 Å². The molecule has 0 saturated heterocycles. The predicted molar refractivity (Wildman–Crippen MR) is 315 cm³/mol. The molecule has 0 aromatic heterocycles. The molecule has 456 valence electrons. The Hall–Kier alpha value is -5.22. The molecule has 0 amide bonds. The second-order valence-corrected chi connectivity index (χ2v) is 30.9. The first-order chi connectivity index (χ1) is 39.6. The molecule has 0 aliphatic heterocycles. The normalized spacial score (nSPS) is 19.1. The van der Waals surface area contributed by atoms with Gasteiger partial charge in [-0.05, 0) is 188 Å². The van der Waals surface area contributed by atoms with Crippen LogP contribution in [0.25, 0.3) is 0 Å². The van der Waals surface area contributed by atoms with E-state index in [0.29, 0.717) is 0 Å². The highest BCUT2D eigenvalue weighted by Crippen LogP contribution is 2.54. The summed E-state index contributed by atoms with van der Waals surface area (Å²) in [5.41, 5.74) is 4.73. The summed E-state index contributed by atoms with van der Waals surface area (Å²) in [5.74, 6) is -4.83. The van der Waals surface area contributed by atoms with E-state index in [0.717, 1.165) is 33.4 Å². The van der Waals surface area contributed by atoms with Crippen LogP contribution in [-0.2, 0) is 85.8 Å². The number of hydrogen-bond acceptors (Lipinski definition) is 18. The van der Waals surface area contributed by atoms with Crippen molar-refractivity contribution in [3.63, 3.8) is 0 Å². The first-order valence-corrected chi connectivity index (χ1v) is 35.8. The zero-order valence-electron chi connectivity index (χ0n) is 47.6. The number of rotatable bonds is 30. The van der Waals surface area contributed by atoms with Crippen LogP contribution in [0.2, 0.25) is 0 Å². The van der Waals surface area contributed by atoms with Gasteiger partial charge in [0.05, 0.1) is 69.0 Å². The first kappa shape index (κ1) is 66.3. The minimum Gasteiger partial charge on any atom is -0.266 e. The van der Waals surface area contributed by atoms with Gasteiger partial charge in [-0.2, -0.15) is 50.5 Å². The van der Waals surface area contributed by atoms with Crippen LogP contribution in [0.5, 0.6) is 0 Å². The van der Waals surface area contributed by atoms with Crippen molar-refractivity contribution in [2.75, 3.05) is 39.6 Å². The quantitative estimate of drug-likeness (QED) is 0.0380. The standard InChI is InChI=1S/C60H72O18S6/c1-43-7-19-49(20-8-43)79(61,62)73-37-31-55-56(32-38-74-80(63,64)50-21-9-44(2)10-22-50)58(34-40-76-82(67,68)52-25-13-46(4)14-26-52)60(36-42-78-84(71,72)54-29-17-48(6)18-30-54)59(35-41-77-83(69,70)53-27-15-47(5)16-28-53)57(55)33-39-75-81(65,66)51-23-11-45(3)12-24-51/h7-30,55-60H,31-42H2,1-6H3. The minimum atomic E-state index is -4.42. The molecule has 7 rings (SSSR count). The molecule has 18 nitrogen and oxygen atoms in total. The molecular formula is C60H72O18S6. The van der Waals surface area contributed by atoms with E-state index in [-0.39, 0.29) is 67.9 Å². The summed E-state index contributed by atoms with van der Waals surface area (Å²) >= 11 is 0. The average molecular weight is 1270 g/mol. The van der Waals surface area contributed by atoms with Gasteiger partial charge in [-0.15, -0.1) is 0 Å². The van der Waals surface area contributed by atoms with Crippen LogP contribution in [-0.4, -0.2) is 90.1 Å². The van der Waals surface area contributed by atoms with Crippen LogP contribution in [0.3, 0.4) is 0 Å². The zero-order chi connectivity index (χ0) is 61.1. The van der Waals surface area contributed by atoms with Gasteiger partial charge in [0.1, 0.15) is 0 Å². The fourth-order valence-corrected chi connectivity index (χ4v) is 16.4. The maximum Gasteiger partial charge on any atom is 0.296 e. The lowest BCUT2D eigenvalue weighted by molar-refractivity contribution is -0.0630. The summed E-state index contributed by atoms with van der Waals surface area (Å²) in [6, 6.07) is 35.9. The molecule has 0 N–H and O–H groups in total. The van der Waals surface area contributed by atoms with E-state index < -0.39 is 136 Å². The molecular weight excluding hydrogens is 1200 g/mol. The molecule has 0 spiro atoms. The molecule has 1 fully saturated rings. The van der Waals surface area contributed by atoms with Gasteiger partial charge in [-0.25, -0.2) is 0 Å². The monoisotopic (exact) mass is 1270 g/mol. The van der Waals surface area contributed by atoms with E-state index in [1.165, 1.54) is 72.8 Å². The van der Waals surface area contributed by atoms with Crippen molar-refractivity contribution in [1.82, 2.24) is 0 Å². The Kier molecular flexibility index (Phi) is 22.5. The molecule has 84 heavy (non-hydrogen) atoms. The molecule has 0 bridgehead atoms. The van der Waals surface area contributed by atoms with Crippen molar-refractivity contribution in [1.29, 1.82) is 0 Å². The Morgan fingerprint density at radius 2 is 0.321 bits per heavy atom. The highest BCUT2D eigenvalue weighted by molar-refractivity contribution is 7.88. The van der Waals surface area contributed by atoms with E-state index in [1.807, 2.05) is 0 Å². The van der Waals surface area contributed by atoms with Crippen LogP contribution < -0.4 is 0 Å². The first-order valence-electron chi connectivity index (χ1n) is 27.3. The largest absolute Gasteiger partial charge is 0.296 e. The third-order valence-corrected chi connectivity index (χ3v) is 23.3. The average Bonchev–Trinajstić information content (AvgIpc) is 1.76. The number of hydrogen-bond donors (Lipinski definition) is 0. The van der Waals surface area contributed by atoms with Gasteiger partial charge in [0, 0.05) is 0 Å². The lowest BCUT2D eigenvalue weighted by atomic mass is 9.53. The van der Waals surface area contributed by atoms with Crippen molar-refractivity contribution >= 4 is 60.7 Å². The second kappa shape index (κ2) is 28.5. The molecule has 0 atom stereocenters. The van der Waals surface area contributed by atoms with Gasteiger partial charge >= 0.3 is 0 Å². The van der Waals surface area contributed by atoms with Gasteiger partial charge in [0.15, 0.2) is 0 Å². The summed E-state index contributed by atoms with van der Waals surface area (Å²) in [6.07, 6.45) is -0.673. The van der Waals surface area contributed by atoms with Crippen LogP contribution in [0.1, 0.15) is 71.9 Å². The predicted octanol–water partition coefficient (Wildman–Crippen LogP) is 10.3. The molecule has 6 aromatic carbocycles. The van der Waals surface area contributed by atoms with Crippen LogP contribution in [0.15, 0.2) is 175 Å². The molecule has 1 aliphatic rings. The third-order valence-electron chi connectivity index (χ3n) is 15.3. The Morgan fingerprint density at radius 3 is 0.429 bits per heavy atom. The van der Waals surface area contributed by atoms with E-state index in [4.69, 9.17) is 25.1 Å². The SMILES string of the molecule is Cc1ccc(S(=O)(=O)OCCC2C(CCOS(=O)(=O)c3ccc(C)cc3)C(CCOS(=O)(=O)c3ccc(C)cc3)C(CCOS(=O)(=O)c3ccc(C)cc3)C(CCOS(=O)(=O)c3ccc(C)cc3)C2CCOS(=O)(=O)c2ccc(C)cc2)cc1. The smallest absolute Gasteiger partial charge is 0.266 e. The summed E-state index contributed by atoms with van der Waals surface area (Å²) in [4.78, 5) is -0.808. The molecule has 24 heteroatoms. The van der Waals surface area contributed by atoms with Crippen LogP contribution >= 0.6 is 0 Å². The van der Waals surface area contributed by atoms with E-state index in [1.54, 1.807) is 114 Å². The molecule has 0 radical (unpaired) electrons. The molecule has 6 aromatic rings. The third kappa shape index (κ3) is 17.9. The van der Waals surface area contributed by atoms with Crippen molar-refractivity contribution in [3.8, 4) is 0 Å². The minimum absolute atomic E-state index is 0.112. The fourth-order valence-electron chi connectivity index (χ4n) is 10.9. The number of benzene rings is 6. The van der Waals surface area contributed by atoms with Crippen molar-refractivity contribution in [3.05, 3.63) is 179 Å². The molecule has 0 heterocycles. The Bertz CT molecular complexity index is 3170. The lowest BCUT2D eigenvalue weighted by Crippen LogP contribution is -2.49. The zero-order valence-corrected chi connectivity index (χ0v) is 52.5. The van der Waals surface area contributed by atoms with Gasteiger partial charge in [-0.3, -0.25) is 25.1 Å². The van der Waals surface area contributed by atoms with Crippen molar-refractivity contribution < 1.29 is 75.6 Å². The topological polar surface area (TPSA) is 260 Å². The van der Waals surface area contributed by atoms with Gasteiger partial charge in [0.25, 0.3) is 60.7 Å². The summed E-state index contributed by atoms with van der Waals surface area (Å²) < 4.78 is 201.